The van der Waals surface area contributed by atoms with E-state index in [1.165, 1.54) is 0 Å². The molecule has 1 amide bonds. The second kappa shape index (κ2) is 8.02. The molecule has 0 aromatic heterocycles. The molecule has 2 aromatic rings. The van der Waals surface area contributed by atoms with E-state index in [1.807, 2.05) is 41.3 Å². The van der Waals surface area contributed by atoms with Crippen LogP contribution in [-0.2, 0) is 14.3 Å². The first-order chi connectivity index (χ1) is 15.0. The number of carbonyl (C=O) groups excluding carboxylic acids is 1. The van der Waals surface area contributed by atoms with Crippen molar-refractivity contribution in [3.8, 4) is 0 Å². The van der Waals surface area contributed by atoms with Crippen LogP contribution in [0.1, 0.15) is 69.2 Å². The summed E-state index contributed by atoms with van der Waals surface area (Å²) < 4.78 is 12.3. The fourth-order valence-electron chi connectivity index (χ4n) is 5.65. The molecule has 1 spiro atoms. The standard InChI is InChI=1S/C26H30BrNO3/c1-3-21-23(31-25(30-21)16-10-11-17-25)26(27)22(20-14-8-5-9-15-20)28(24(26)29)18(2)19-12-6-4-7-13-19/h4-9,12-15,18,21-23H,3,10-11,16-17H2,1-2H3/t18-,21+,22-,23-,26-/m0/s1. The van der Waals surface area contributed by atoms with E-state index in [-0.39, 0.29) is 30.2 Å². The Morgan fingerprint density at radius 1 is 1.03 bits per heavy atom. The zero-order valence-electron chi connectivity index (χ0n) is 18.2. The van der Waals surface area contributed by atoms with Crippen molar-refractivity contribution in [2.75, 3.05) is 0 Å². The van der Waals surface area contributed by atoms with Gasteiger partial charge in [0.2, 0.25) is 5.91 Å². The number of carbonyl (C=O) groups is 1. The lowest BCUT2D eigenvalue weighted by Crippen LogP contribution is -2.71. The van der Waals surface area contributed by atoms with Gasteiger partial charge in [-0.25, -0.2) is 0 Å². The van der Waals surface area contributed by atoms with Crippen LogP contribution in [0.5, 0.6) is 0 Å². The molecule has 5 heteroatoms. The van der Waals surface area contributed by atoms with E-state index in [2.05, 4.69) is 54.0 Å². The van der Waals surface area contributed by atoms with Gasteiger partial charge in [0.1, 0.15) is 6.10 Å². The first kappa shape index (κ1) is 21.2. The smallest absolute Gasteiger partial charge is 0.245 e. The lowest BCUT2D eigenvalue weighted by molar-refractivity contribution is -0.186. The molecule has 0 bridgehead atoms. The minimum atomic E-state index is -0.829. The minimum absolute atomic E-state index is 0.0348. The molecule has 1 saturated carbocycles. The normalized spacial score (nSPS) is 32.9. The van der Waals surface area contributed by atoms with Crippen LogP contribution in [0.2, 0.25) is 0 Å². The molecule has 2 saturated heterocycles. The molecule has 5 atom stereocenters. The monoisotopic (exact) mass is 483 g/mol. The molecule has 3 aliphatic rings. The van der Waals surface area contributed by atoms with Gasteiger partial charge in [-0.3, -0.25) is 4.79 Å². The minimum Gasteiger partial charge on any atom is -0.344 e. The maximum absolute atomic E-state index is 13.9. The number of benzene rings is 2. The Bertz CT molecular complexity index is 930. The lowest BCUT2D eigenvalue weighted by Gasteiger charge is -2.58. The van der Waals surface area contributed by atoms with Crippen molar-refractivity contribution >= 4 is 21.8 Å². The number of rotatable bonds is 5. The van der Waals surface area contributed by atoms with Crippen LogP contribution in [0.25, 0.3) is 0 Å². The molecule has 31 heavy (non-hydrogen) atoms. The van der Waals surface area contributed by atoms with Gasteiger partial charge in [0.25, 0.3) is 0 Å². The first-order valence-electron chi connectivity index (χ1n) is 11.5. The van der Waals surface area contributed by atoms with Crippen LogP contribution in [-0.4, -0.2) is 33.1 Å². The fraction of sp³-hybridized carbons (Fsp3) is 0.500. The summed E-state index contributed by atoms with van der Waals surface area (Å²) in [4.78, 5) is 15.9. The van der Waals surface area contributed by atoms with Crippen LogP contribution in [0.3, 0.4) is 0 Å². The number of likely N-dealkylation sites (tertiary alicyclic amines) is 1. The van der Waals surface area contributed by atoms with Crippen molar-refractivity contribution in [3.05, 3.63) is 71.8 Å². The number of ether oxygens (including phenoxy) is 2. The lowest BCUT2D eigenvalue weighted by atomic mass is 9.75. The number of hydrogen-bond acceptors (Lipinski definition) is 3. The van der Waals surface area contributed by atoms with Crippen LogP contribution < -0.4 is 0 Å². The van der Waals surface area contributed by atoms with Crippen molar-refractivity contribution in [3.63, 3.8) is 0 Å². The molecule has 5 rings (SSSR count). The molecule has 164 valence electrons. The third kappa shape index (κ3) is 3.28. The number of alkyl halides is 1. The Morgan fingerprint density at radius 2 is 1.65 bits per heavy atom. The zero-order valence-corrected chi connectivity index (χ0v) is 19.8. The molecule has 3 fully saturated rings. The van der Waals surface area contributed by atoms with Gasteiger partial charge in [0, 0.05) is 12.8 Å². The van der Waals surface area contributed by atoms with Crippen molar-refractivity contribution in [1.82, 2.24) is 4.90 Å². The molecule has 2 aromatic carbocycles. The molecule has 0 radical (unpaired) electrons. The van der Waals surface area contributed by atoms with E-state index in [0.717, 1.165) is 43.2 Å². The highest BCUT2D eigenvalue weighted by Crippen LogP contribution is 2.59. The summed E-state index contributed by atoms with van der Waals surface area (Å²) in [6.07, 6.45) is 4.48. The van der Waals surface area contributed by atoms with Gasteiger partial charge < -0.3 is 14.4 Å². The number of halogens is 1. The van der Waals surface area contributed by atoms with Crippen molar-refractivity contribution in [2.24, 2.45) is 0 Å². The summed E-state index contributed by atoms with van der Waals surface area (Å²) in [7, 11) is 0. The van der Waals surface area contributed by atoms with Crippen molar-refractivity contribution in [2.45, 2.75) is 80.4 Å². The molecule has 0 N–H and O–H groups in total. The molecular formula is C26H30BrNO3. The van der Waals surface area contributed by atoms with E-state index in [1.54, 1.807) is 0 Å². The molecular weight excluding hydrogens is 454 g/mol. The summed E-state index contributed by atoms with van der Waals surface area (Å²) in [6.45, 7) is 4.23. The highest BCUT2D eigenvalue weighted by molar-refractivity contribution is 9.10. The summed E-state index contributed by atoms with van der Waals surface area (Å²) in [5.41, 5.74) is 2.25. The second-order valence-corrected chi connectivity index (χ2v) is 10.4. The van der Waals surface area contributed by atoms with Gasteiger partial charge in [-0.1, -0.05) is 83.5 Å². The Kier molecular flexibility index (Phi) is 5.48. The van der Waals surface area contributed by atoms with Crippen molar-refractivity contribution in [1.29, 1.82) is 0 Å². The second-order valence-electron chi connectivity index (χ2n) is 9.10. The molecule has 4 nitrogen and oxygen atoms in total. The van der Waals surface area contributed by atoms with Gasteiger partial charge >= 0.3 is 0 Å². The SMILES string of the molecule is CC[C@H]1OC2(CCCC2)O[C@@H]1[C@]1(Br)C(=O)N([C@@H](C)c2ccccc2)[C@H]1c1ccccc1. The van der Waals surface area contributed by atoms with E-state index < -0.39 is 10.1 Å². The van der Waals surface area contributed by atoms with Crippen LogP contribution in [0, 0.1) is 0 Å². The first-order valence-corrected chi connectivity index (χ1v) is 12.3. The van der Waals surface area contributed by atoms with E-state index >= 15 is 0 Å². The Hall–Kier alpha value is -1.69. The van der Waals surface area contributed by atoms with E-state index in [0.29, 0.717) is 0 Å². The third-order valence-electron chi connectivity index (χ3n) is 7.28. The van der Waals surface area contributed by atoms with E-state index in [9.17, 15) is 4.79 Å². The molecule has 2 heterocycles. The Balaban J connectivity index is 1.53. The van der Waals surface area contributed by atoms with Gasteiger partial charge in [-0.05, 0) is 37.3 Å². The van der Waals surface area contributed by atoms with Crippen molar-refractivity contribution < 1.29 is 14.3 Å². The quantitative estimate of drug-likeness (QED) is 0.390. The highest BCUT2D eigenvalue weighted by Gasteiger charge is 2.70. The maximum Gasteiger partial charge on any atom is 0.245 e. The largest absolute Gasteiger partial charge is 0.344 e. The summed E-state index contributed by atoms with van der Waals surface area (Å²) in [5.74, 6) is -0.432. The van der Waals surface area contributed by atoms with Gasteiger partial charge in [0.05, 0.1) is 18.2 Å². The Labute approximate surface area is 193 Å². The Morgan fingerprint density at radius 3 is 2.26 bits per heavy atom. The fourth-order valence-corrected chi connectivity index (χ4v) is 6.73. The predicted octanol–water partition coefficient (Wildman–Crippen LogP) is 5.93. The number of hydrogen-bond donors (Lipinski definition) is 0. The van der Waals surface area contributed by atoms with Crippen LogP contribution >= 0.6 is 15.9 Å². The molecule has 2 aliphatic heterocycles. The van der Waals surface area contributed by atoms with E-state index in [4.69, 9.17) is 9.47 Å². The highest BCUT2D eigenvalue weighted by atomic mass is 79.9. The number of amides is 1. The van der Waals surface area contributed by atoms with Crippen LogP contribution in [0.15, 0.2) is 60.7 Å². The average molecular weight is 484 g/mol. The summed E-state index contributed by atoms with van der Waals surface area (Å²) in [5, 5.41) is 0. The van der Waals surface area contributed by atoms with Crippen LogP contribution in [0.4, 0.5) is 0 Å². The summed E-state index contributed by atoms with van der Waals surface area (Å²) >= 11 is 3.96. The zero-order chi connectivity index (χ0) is 21.6. The topological polar surface area (TPSA) is 38.8 Å². The predicted molar refractivity (Wildman–Crippen MR) is 124 cm³/mol. The molecule has 1 aliphatic carbocycles. The molecule has 0 unspecified atom stereocenters. The maximum atomic E-state index is 13.9. The van der Waals surface area contributed by atoms with Gasteiger partial charge in [-0.2, -0.15) is 0 Å². The average Bonchev–Trinajstić information content (AvgIpc) is 3.43. The van der Waals surface area contributed by atoms with Gasteiger partial charge in [-0.15, -0.1) is 0 Å². The number of β-lactam (4-membered cyclic amide) rings is 1. The summed E-state index contributed by atoms with van der Waals surface area (Å²) in [6, 6.07) is 20.4. The van der Waals surface area contributed by atoms with Gasteiger partial charge in [0.15, 0.2) is 10.1 Å². The third-order valence-corrected chi connectivity index (χ3v) is 8.50. The number of nitrogens with zero attached hydrogens (tertiary/aromatic N) is 1.